The molecule has 0 N–H and O–H groups in total. The minimum absolute atomic E-state index is 0.558. The first-order chi connectivity index (χ1) is 7.86. The van der Waals surface area contributed by atoms with Gasteiger partial charge in [0.2, 0.25) is 0 Å². The molecule has 2 nitrogen and oxygen atoms in total. The van der Waals surface area contributed by atoms with Crippen LogP contribution in [0.2, 0.25) is 0 Å². The summed E-state index contributed by atoms with van der Waals surface area (Å²) in [5.74, 6) is 0. The van der Waals surface area contributed by atoms with Crippen LogP contribution in [0.25, 0.3) is 0 Å². The van der Waals surface area contributed by atoms with Crippen LogP contribution in [0.1, 0.15) is 25.3 Å². The van der Waals surface area contributed by atoms with Gasteiger partial charge in [0.15, 0.2) is 0 Å². The second-order valence-electron chi connectivity index (χ2n) is 4.02. The predicted octanol–water partition coefficient (Wildman–Crippen LogP) is 2.85. The van der Waals surface area contributed by atoms with Gasteiger partial charge in [0, 0.05) is 0 Å². The zero-order valence-corrected chi connectivity index (χ0v) is 10.0. The molecule has 1 aromatic rings. The van der Waals surface area contributed by atoms with E-state index in [1.807, 2.05) is 6.07 Å². The van der Waals surface area contributed by atoms with Crippen molar-refractivity contribution in [3.8, 4) is 6.07 Å². The van der Waals surface area contributed by atoms with Crippen molar-refractivity contribution in [2.45, 2.75) is 26.2 Å². The number of hydrogen-bond acceptors (Lipinski definition) is 2. The Morgan fingerprint density at radius 1 is 1.19 bits per heavy atom. The van der Waals surface area contributed by atoms with Crippen LogP contribution in [-0.2, 0) is 6.42 Å². The Hall–Kier alpha value is -1.33. The Kier molecular flexibility index (Phi) is 6.29. The van der Waals surface area contributed by atoms with Gasteiger partial charge >= 0.3 is 0 Å². The fraction of sp³-hybridized carbons (Fsp3) is 0.500. The number of rotatable bonds is 7. The minimum atomic E-state index is 0.558. The van der Waals surface area contributed by atoms with Crippen LogP contribution in [-0.4, -0.2) is 24.5 Å². The average molecular weight is 216 g/mol. The highest BCUT2D eigenvalue weighted by Gasteiger charge is 2.02. The lowest BCUT2D eigenvalue weighted by molar-refractivity contribution is 0.302. The molecule has 0 unspecified atom stereocenters. The van der Waals surface area contributed by atoms with Crippen molar-refractivity contribution in [2.24, 2.45) is 0 Å². The maximum atomic E-state index is 8.69. The van der Waals surface area contributed by atoms with Gasteiger partial charge in [0.25, 0.3) is 0 Å². The molecule has 0 aliphatic heterocycles. The van der Waals surface area contributed by atoms with Crippen molar-refractivity contribution in [1.82, 2.24) is 4.90 Å². The van der Waals surface area contributed by atoms with Crippen molar-refractivity contribution >= 4 is 0 Å². The smallest absolute Gasteiger partial charge is 0.0865 e. The van der Waals surface area contributed by atoms with E-state index in [0.717, 1.165) is 32.4 Å². The molecule has 0 fully saturated rings. The van der Waals surface area contributed by atoms with Gasteiger partial charge in [-0.15, -0.1) is 0 Å². The third-order valence-electron chi connectivity index (χ3n) is 2.62. The largest absolute Gasteiger partial charge is 0.291 e. The first-order valence-corrected chi connectivity index (χ1v) is 6.00. The van der Waals surface area contributed by atoms with E-state index >= 15 is 0 Å². The molecule has 0 aliphatic rings. The van der Waals surface area contributed by atoms with E-state index in [-0.39, 0.29) is 0 Å². The quantitative estimate of drug-likeness (QED) is 0.655. The summed E-state index contributed by atoms with van der Waals surface area (Å²) in [6.07, 6.45) is 3.35. The number of nitrogens with zero attached hydrogens (tertiary/aromatic N) is 2. The summed E-state index contributed by atoms with van der Waals surface area (Å²) >= 11 is 0. The van der Waals surface area contributed by atoms with Crippen LogP contribution >= 0.6 is 0 Å². The van der Waals surface area contributed by atoms with Gasteiger partial charge < -0.3 is 0 Å². The maximum absolute atomic E-state index is 8.69. The highest BCUT2D eigenvalue weighted by Crippen LogP contribution is 2.03. The van der Waals surface area contributed by atoms with Crippen molar-refractivity contribution < 1.29 is 0 Å². The maximum Gasteiger partial charge on any atom is 0.0865 e. The molecule has 16 heavy (non-hydrogen) atoms. The van der Waals surface area contributed by atoms with Gasteiger partial charge in [0.05, 0.1) is 12.6 Å². The normalized spacial score (nSPS) is 10.3. The lowest BCUT2D eigenvalue weighted by Gasteiger charge is -2.17. The monoisotopic (exact) mass is 216 g/mol. The molecule has 0 saturated heterocycles. The summed E-state index contributed by atoms with van der Waals surface area (Å²) in [7, 11) is 0. The topological polar surface area (TPSA) is 27.0 Å². The Bertz CT molecular complexity index is 313. The number of benzene rings is 1. The molecule has 0 radical (unpaired) electrons. The van der Waals surface area contributed by atoms with E-state index in [1.165, 1.54) is 5.56 Å². The molecule has 0 saturated carbocycles. The summed E-state index contributed by atoms with van der Waals surface area (Å²) in [5.41, 5.74) is 1.39. The summed E-state index contributed by atoms with van der Waals surface area (Å²) in [6, 6.07) is 12.7. The molecular weight excluding hydrogens is 196 g/mol. The van der Waals surface area contributed by atoms with Gasteiger partial charge in [-0.05, 0) is 37.9 Å². The second-order valence-corrected chi connectivity index (χ2v) is 4.02. The van der Waals surface area contributed by atoms with Gasteiger partial charge in [-0.2, -0.15) is 5.26 Å². The van der Waals surface area contributed by atoms with E-state index in [9.17, 15) is 0 Å². The molecule has 86 valence electrons. The highest BCUT2D eigenvalue weighted by molar-refractivity contribution is 5.14. The Labute approximate surface area is 98.5 Å². The summed E-state index contributed by atoms with van der Waals surface area (Å²) in [4.78, 5) is 2.23. The van der Waals surface area contributed by atoms with E-state index in [4.69, 9.17) is 5.26 Å². The lowest BCUT2D eigenvalue weighted by Crippen LogP contribution is -2.26. The van der Waals surface area contributed by atoms with Crippen molar-refractivity contribution in [3.05, 3.63) is 35.9 Å². The molecule has 1 rings (SSSR count). The third kappa shape index (κ3) is 4.95. The molecule has 0 aromatic heterocycles. The van der Waals surface area contributed by atoms with Crippen LogP contribution in [0.4, 0.5) is 0 Å². The predicted molar refractivity (Wildman–Crippen MR) is 67.1 cm³/mol. The molecule has 1 aromatic carbocycles. The molecule has 0 heterocycles. The van der Waals surface area contributed by atoms with Gasteiger partial charge in [-0.1, -0.05) is 37.3 Å². The SMILES string of the molecule is CCCN(CC#N)CCCc1ccccc1. The van der Waals surface area contributed by atoms with E-state index in [0.29, 0.717) is 6.54 Å². The minimum Gasteiger partial charge on any atom is -0.291 e. The summed E-state index contributed by atoms with van der Waals surface area (Å²) in [6.45, 7) is 4.77. The summed E-state index contributed by atoms with van der Waals surface area (Å²) < 4.78 is 0. The first kappa shape index (κ1) is 12.7. The second kappa shape index (κ2) is 7.90. The molecule has 0 amide bonds. The van der Waals surface area contributed by atoms with Crippen LogP contribution in [0.5, 0.6) is 0 Å². The van der Waals surface area contributed by atoms with E-state index < -0.39 is 0 Å². The van der Waals surface area contributed by atoms with E-state index in [1.54, 1.807) is 0 Å². The highest BCUT2D eigenvalue weighted by atomic mass is 15.1. The molecule has 0 atom stereocenters. The Morgan fingerprint density at radius 3 is 2.56 bits per heavy atom. The van der Waals surface area contributed by atoms with Crippen molar-refractivity contribution in [3.63, 3.8) is 0 Å². The summed E-state index contributed by atoms with van der Waals surface area (Å²) in [5, 5.41) is 8.69. The van der Waals surface area contributed by atoms with Gasteiger partial charge in [-0.25, -0.2) is 0 Å². The van der Waals surface area contributed by atoms with Crippen molar-refractivity contribution in [1.29, 1.82) is 5.26 Å². The molecule has 0 aliphatic carbocycles. The molecular formula is C14H20N2. The number of hydrogen-bond donors (Lipinski definition) is 0. The molecule has 0 spiro atoms. The molecule has 0 bridgehead atoms. The standard InChI is InChI=1S/C14H20N2/c1-2-11-16(13-10-15)12-6-9-14-7-4-3-5-8-14/h3-5,7-8H,2,6,9,11-13H2,1H3. The van der Waals surface area contributed by atoms with Crippen molar-refractivity contribution in [2.75, 3.05) is 19.6 Å². The van der Waals surface area contributed by atoms with Crippen LogP contribution < -0.4 is 0 Å². The fourth-order valence-corrected chi connectivity index (χ4v) is 1.84. The lowest BCUT2D eigenvalue weighted by atomic mass is 10.1. The Balaban J connectivity index is 2.25. The van der Waals surface area contributed by atoms with Crippen LogP contribution in [0.3, 0.4) is 0 Å². The number of nitriles is 1. The van der Waals surface area contributed by atoms with Gasteiger partial charge in [-0.3, -0.25) is 4.90 Å². The average Bonchev–Trinajstić information content (AvgIpc) is 2.31. The van der Waals surface area contributed by atoms with Crippen LogP contribution in [0, 0.1) is 11.3 Å². The first-order valence-electron chi connectivity index (χ1n) is 6.00. The zero-order chi connectivity index (χ0) is 11.6. The van der Waals surface area contributed by atoms with Gasteiger partial charge in [0.1, 0.15) is 0 Å². The third-order valence-corrected chi connectivity index (χ3v) is 2.62. The Morgan fingerprint density at radius 2 is 1.94 bits per heavy atom. The van der Waals surface area contributed by atoms with Crippen LogP contribution in [0.15, 0.2) is 30.3 Å². The molecule has 2 heteroatoms. The zero-order valence-electron chi connectivity index (χ0n) is 10.0. The fourth-order valence-electron chi connectivity index (χ4n) is 1.84. The van der Waals surface area contributed by atoms with E-state index in [2.05, 4.69) is 42.2 Å². The number of aryl methyl sites for hydroxylation is 1.